The summed E-state index contributed by atoms with van der Waals surface area (Å²) in [5.74, 6) is 0.991. The van der Waals surface area contributed by atoms with Crippen molar-refractivity contribution in [2.75, 3.05) is 20.1 Å². The maximum atomic E-state index is 12.3. The first-order valence-corrected chi connectivity index (χ1v) is 15.0. The van der Waals surface area contributed by atoms with E-state index in [1.54, 1.807) is 18.7 Å². The highest BCUT2D eigenvalue weighted by atomic mass is 16.2. The van der Waals surface area contributed by atoms with Gasteiger partial charge in [0.25, 0.3) is 5.91 Å². The minimum atomic E-state index is -0.392. The summed E-state index contributed by atoms with van der Waals surface area (Å²) >= 11 is 0. The molecule has 0 aliphatic carbocycles. The van der Waals surface area contributed by atoms with Crippen LogP contribution in [-0.2, 0) is 32.6 Å². The highest BCUT2D eigenvalue weighted by molar-refractivity contribution is 5.89. The lowest BCUT2D eigenvalue weighted by molar-refractivity contribution is -0.671. The second kappa shape index (κ2) is 20.5. The summed E-state index contributed by atoms with van der Waals surface area (Å²) in [7, 11) is 3.89. The third kappa shape index (κ3) is 16.2. The van der Waals surface area contributed by atoms with Gasteiger partial charge in [0.2, 0.25) is 5.91 Å². The topological polar surface area (TPSA) is 182 Å². The van der Waals surface area contributed by atoms with Crippen molar-refractivity contribution in [1.29, 1.82) is 0 Å². The van der Waals surface area contributed by atoms with Gasteiger partial charge in [0.05, 0.1) is 7.05 Å². The molecule has 0 spiro atoms. The monoisotopic (exact) mass is 591 g/mol. The van der Waals surface area contributed by atoms with E-state index in [4.69, 9.17) is 17.2 Å². The lowest BCUT2D eigenvalue weighted by atomic mass is 9.99. The lowest BCUT2D eigenvalue weighted by Crippen LogP contribution is -2.89. The second-order valence-electron chi connectivity index (χ2n) is 11.7. The number of nitrogens with zero attached hydrogens (tertiary/aromatic N) is 3. The summed E-state index contributed by atoms with van der Waals surface area (Å²) in [4.78, 5) is 50.9. The van der Waals surface area contributed by atoms with Crippen LogP contribution >= 0.6 is 0 Å². The molecule has 1 saturated heterocycles. The van der Waals surface area contributed by atoms with Crippen LogP contribution in [0.25, 0.3) is 0 Å². The maximum absolute atomic E-state index is 12.3. The van der Waals surface area contributed by atoms with E-state index in [1.165, 1.54) is 5.56 Å². The fourth-order valence-electron chi connectivity index (χ4n) is 4.50. The Bertz CT molecular complexity index is 1020. The molecule has 1 aliphatic heterocycles. The molecular weight excluding hydrogens is 534 g/mol. The molecule has 1 aliphatic rings. The van der Waals surface area contributed by atoms with Crippen molar-refractivity contribution in [1.82, 2.24) is 4.90 Å². The van der Waals surface area contributed by atoms with E-state index >= 15 is 0 Å². The first-order valence-electron chi connectivity index (χ1n) is 15.0. The number of ketones is 2. The third-order valence-corrected chi connectivity index (χ3v) is 7.33. The summed E-state index contributed by atoms with van der Waals surface area (Å²) in [6.07, 6.45) is 9.00. The molecule has 11 nitrogen and oxygen atoms in total. The average molecular weight is 592 g/mol. The van der Waals surface area contributed by atoms with Gasteiger partial charge in [-0.05, 0) is 57.9 Å². The van der Waals surface area contributed by atoms with Gasteiger partial charge in [-0.2, -0.15) is 0 Å². The summed E-state index contributed by atoms with van der Waals surface area (Å²) in [6, 6.07) is 3.58. The number of primary amides is 1. The fourth-order valence-corrected chi connectivity index (χ4v) is 4.50. The summed E-state index contributed by atoms with van der Waals surface area (Å²) < 4.78 is 2.00. The molecule has 42 heavy (non-hydrogen) atoms. The third-order valence-electron chi connectivity index (χ3n) is 7.33. The van der Waals surface area contributed by atoms with Gasteiger partial charge in [-0.3, -0.25) is 24.2 Å². The minimum Gasteiger partial charge on any atom is -0.370 e. The van der Waals surface area contributed by atoms with Crippen molar-refractivity contribution in [3.8, 4) is 0 Å². The standard InChI is InChI=1S/C12H23N3O2.C11H16NO.C8H17N3O/c1-8(2)7-9(14-3)12(17)15-6-4-5-10(15)11(13)16;1-9(10(2)13)7-11-5-4-6-12(3)8-11;1-6(7(2)12)4-3-5-11-8(9)10/h8-10,14H,4-7H2,1-3H3,(H2,13,16);4-6,8-9H,7H2,1-3H3;6H,3-5H2,1-2H3,(H4,9,10,11)/q;+1;/p+1. The predicted molar refractivity (Wildman–Crippen MR) is 166 cm³/mol. The number of likely N-dealkylation sites (N-methyl/N-ethyl adjacent to an activating group) is 1. The van der Waals surface area contributed by atoms with Crippen LogP contribution in [0.5, 0.6) is 0 Å². The number of carbonyl (C=O) groups excluding carboxylic acids is 4. The van der Waals surface area contributed by atoms with E-state index in [0.717, 1.165) is 32.1 Å². The normalized spacial score (nSPS) is 16.2. The summed E-state index contributed by atoms with van der Waals surface area (Å²) in [5.41, 5.74) is 16.8. The first-order chi connectivity index (χ1) is 19.6. The first kappa shape index (κ1) is 38.7. The van der Waals surface area contributed by atoms with Gasteiger partial charge in [0.1, 0.15) is 24.7 Å². The minimum absolute atomic E-state index is 0.0579. The number of hydrogen-bond donors (Lipinski definition) is 4. The maximum Gasteiger partial charge on any atom is 0.281 e. The highest BCUT2D eigenvalue weighted by Gasteiger charge is 2.37. The molecule has 0 bridgehead atoms. The number of aliphatic imine (C=N–C) groups is 1. The van der Waals surface area contributed by atoms with Crippen molar-refractivity contribution in [2.45, 2.75) is 92.2 Å². The zero-order chi connectivity index (χ0) is 32.4. The number of carbonyl (C=O) groups is 4. The molecule has 1 aromatic heterocycles. The van der Waals surface area contributed by atoms with Gasteiger partial charge in [-0.15, -0.1) is 0 Å². The number of rotatable bonds is 13. The number of aromatic nitrogens is 1. The van der Waals surface area contributed by atoms with E-state index in [1.807, 2.05) is 50.1 Å². The number of pyridine rings is 1. The van der Waals surface area contributed by atoms with Crippen molar-refractivity contribution in [3.63, 3.8) is 0 Å². The van der Waals surface area contributed by atoms with Crippen LogP contribution in [0.1, 0.15) is 79.2 Å². The van der Waals surface area contributed by atoms with Crippen LogP contribution in [0, 0.1) is 17.8 Å². The number of Topliss-reactive ketones (excluding diaryl/α,β-unsaturated/α-hetero) is 2. The van der Waals surface area contributed by atoms with E-state index < -0.39 is 6.04 Å². The van der Waals surface area contributed by atoms with E-state index in [-0.39, 0.29) is 47.2 Å². The Labute approximate surface area is 252 Å². The molecule has 11 heteroatoms. The van der Waals surface area contributed by atoms with Crippen LogP contribution in [0.4, 0.5) is 0 Å². The number of quaternary nitrogens is 1. The molecular formula is C31H57N7O4+2. The molecule has 2 rings (SSSR count). The Hall–Kier alpha value is -3.34. The van der Waals surface area contributed by atoms with Crippen LogP contribution in [-0.4, -0.2) is 66.5 Å². The van der Waals surface area contributed by atoms with Crippen molar-refractivity contribution < 1.29 is 29.1 Å². The molecule has 238 valence electrons. The van der Waals surface area contributed by atoms with Crippen molar-refractivity contribution >= 4 is 29.3 Å². The van der Waals surface area contributed by atoms with Crippen LogP contribution < -0.4 is 27.1 Å². The quantitative estimate of drug-likeness (QED) is 0.113. The van der Waals surface area contributed by atoms with Crippen molar-refractivity contribution in [2.24, 2.45) is 47.0 Å². The Morgan fingerprint density at radius 1 is 1.07 bits per heavy atom. The van der Waals surface area contributed by atoms with E-state index in [0.29, 0.717) is 25.4 Å². The molecule has 2 heterocycles. The van der Waals surface area contributed by atoms with Crippen molar-refractivity contribution in [3.05, 3.63) is 30.1 Å². The molecule has 4 atom stereocenters. The van der Waals surface area contributed by atoms with Gasteiger partial charge < -0.3 is 27.4 Å². The number of hydrogen-bond acceptors (Lipinski definition) is 5. The lowest BCUT2D eigenvalue weighted by Gasteiger charge is -2.25. The number of aryl methyl sites for hydroxylation is 1. The molecule has 2 amide bonds. The van der Waals surface area contributed by atoms with Gasteiger partial charge in [-0.1, -0.05) is 27.7 Å². The number of nitrogens with two attached hydrogens (primary N) is 4. The van der Waals surface area contributed by atoms with Gasteiger partial charge in [0.15, 0.2) is 24.4 Å². The van der Waals surface area contributed by atoms with Gasteiger partial charge in [0, 0.05) is 43.0 Å². The Kier molecular flexibility index (Phi) is 18.9. The molecule has 0 aromatic carbocycles. The largest absolute Gasteiger partial charge is 0.370 e. The van der Waals surface area contributed by atoms with Gasteiger partial charge in [-0.25, -0.2) is 4.57 Å². The van der Waals surface area contributed by atoms with Crippen LogP contribution in [0.3, 0.4) is 0 Å². The molecule has 4 unspecified atom stereocenters. The molecule has 0 radical (unpaired) electrons. The summed E-state index contributed by atoms with van der Waals surface area (Å²) in [6.45, 7) is 12.6. The Morgan fingerprint density at radius 3 is 2.17 bits per heavy atom. The molecule has 1 fully saturated rings. The fraction of sp³-hybridized carbons (Fsp3) is 0.677. The molecule has 8 N–H and O–H groups in total. The highest BCUT2D eigenvalue weighted by Crippen LogP contribution is 2.18. The average Bonchev–Trinajstić information content (AvgIpc) is 3.40. The predicted octanol–water partition coefficient (Wildman–Crippen LogP) is 0.614. The number of guanidine groups is 1. The number of likely N-dealkylation sites (tertiary alicyclic amines) is 1. The summed E-state index contributed by atoms with van der Waals surface area (Å²) in [5, 5.41) is 1.93. The Morgan fingerprint density at radius 2 is 1.69 bits per heavy atom. The Balaban J connectivity index is 0.000000613. The SMILES string of the molecule is CC(=O)C(C)CCCN=C(N)N.CC(=O)C(C)Cc1ccc[n+](C)c1.C[NH2+]C(CC(C)C)C(=O)N1CCCC1C(N)=O. The zero-order valence-electron chi connectivity index (χ0n) is 27.1. The van der Waals surface area contributed by atoms with Crippen LogP contribution in [0.2, 0.25) is 0 Å². The second-order valence-corrected chi connectivity index (χ2v) is 11.7. The van der Waals surface area contributed by atoms with E-state index in [2.05, 4.69) is 31.1 Å². The van der Waals surface area contributed by atoms with Gasteiger partial charge >= 0.3 is 0 Å². The zero-order valence-corrected chi connectivity index (χ0v) is 27.1. The van der Waals surface area contributed by atoms with E-state index in [9.17, 15) is 19.2 Å². The number of amides is 2. The van der Waals surface area contributed by atoms with Crippen LogP contribution in [0.15, 0.2) is 29.5 Å². The molecule has 0 saturated carbocycles. The smallest absolute Gasteiger partial charge is 0.281 e. The molecule has 1 aromatic rings.